The number of hydrogen-bond donors (Lipinski definition) is 2. The van der Waals surface area contributed by atoms with Crippen LogP contribution in [0, 0.1) is 6.92 Å². The van der Waals surface area contributed by atoms with Crippen LogP contribution in [0.1, 0.15) is 36.8 Å². The fourth-order valence-electron chi connectivity index (χ4n) is 1.92. The summed E-state index contributed by atoms with van der Waals surface area (Å²) < 4.78 is 0. The van der Waals surface area contributed by atoms with Crippen LogP contribution in [0.15, 0.2) is 12.3 Å². The SMILES string of the molecule is CCNc1cc(C)ncc1C(=O)N(C)CC(C)(C)O. The third-order valence-corrected chi connectivity index (χ3v) is 2.61. The summed E-state index contributed by atoms with van der Waals surface area (Å²) in [4.78, 5) is 18.0. The predicted molar refractivity (Wildman–Crippen MR) is 76.4 cm³/mol. The van der Waals surface area contributed by atoms with Gasteiger partial charge in [-0.3, -0.25) is 9.78 Å². The van der Waals surface area contributed by atoms with Crippen molar-refractivity contribution in [1.29, 1.82) is 0 Å². The van der Waals surface area contributed by atoms with E-state index in [1.54, 1.807) is 27.1 Å². The van der Waals surface area contributed by atoms with E-state index >= 15 is 0 Å². The van der Waals surface area contributed by atoms with Gasteiger partial charge < -0.3 is 15.3 Å². The van der Waals surface area contributed by atoms with Crippen molar-refractivity contribution in [2.45, 2.75) is 33.3 Å². The first-order valence-corrected chi connectivity index (χ1v) is 6.43. The Balaban J connectivity index is 2.98. The molecule has 0 aromatic carbocycles. The Morgan fingerprint density at radius 1 is 1.53 bits per heavy atom. The molecule has 0 aliphatic heterocycles. The minimum atomic E-state index is -0.916. The molecule has 1 aromatic heterocycles. The third-order valence-electron chi connectivity index (χ3n) is 2.61. The van der Waals surface area contributed by atoms with E-state index in [4.69, 9.17) is 0 Å². The largest absolute Gasteiger partial charge is 0.389 e. The summed E-state index contributed by atoms with van der Waals surface area (Å²) in [6, 6.07) is 1.86. The lowest BCUT2D eigenvalue weighted by Gasteiger charge is -2.26. The Hall–Kier alpha value is -1.62. The number of nitrogens with zero attached hydrogens (tertiary/aromatic N) is 2. The summed E-state index contributed by atoms with van der Waals surface area (Å²) in [7, 11) is 1.68. The number of likely N-dealkylation sites (N-methyl/N-ethyl adjacent to an activating group) is 1. The number of aromatic nitrogens is 1. The Morgan fingerprint density at radius 3 is 2.68 bits per heavy atom. The molecule has 19 heavy (non-hydrogen) atoms. The Morgan fingerprint density at radius 2 is 2.16 bits per heavy atom. The zero-order valence-corrected chi connectivity index (χ0v) is 12.3. The topological polar surface area (TPSA) is 65.5 Å². The number of aliphatic hydroxyl groups is 1. The highest BCUT2D eigenvalue weighted by Gasteiger charge is 2.22. The van der Waals surface area contributed by atoms with Crippen LogP contribution in [-0.2, 0) is 0 Å². The van der Waals surface area contributed by atoms with Gasteiger partial charge in [0.25, 0.3) is 5.91 Å². The Labute approximate surface area is 114 Å². The van der Waals surface area contributed by atoms with Crippen LogP contribution in [0.5, 0.6) is 0 Å². The van der Waals surface area contributed by atoms with Crippen LogP contribution in [0.3, 0.4) is 0 Å². The fourth-order valence-corrected chi connectivity index (χ4v) is 1.92. The molecule has 0 unspecified atom stereocenters. The van der Waals surface area contributed by atoms with Crippen molar-refractivity contribution in [3.63, 3.8) is 0 Å². The van der Waals surface area contributed by atoms with Gasteiger partial charge in [-0.15, -0.1) is 0 Å². The summed E-state index contributed by atoms with van der Waals surface area (Å²) >= 11 is 0. The van der Waals surface area contributed by atoms with Gasteiger partial charge in [0.2, 0.25) is 0 Å². The van der Waals surface area contributed by atoms with Crippen LogP contribution in [-0.4, -0.2) is 46.6 Å². The molecular weight excluding hydrogens is 242 g/mol. The summed E-state index contributed by atoms with van der Waals surface area (Å²) in [5, 5.41) is 12.9. The van der Waals surface area contributed by atoms with Gasteiger partial charge in [-0.05, 0) is 33.8 Å². The van der Waals surface area contributed by atoms with Crippen LogP contribution in [0.2, 0.25) is 0 Å². The van der Waals surface area contributed by atoms with Gasteiger partial charge in [-0.25, -0.2) is 0 Å². The van der Waals surface area contributed by atoms with Gasteiger partial charge in [0.05, 0.1) is 16.9 Å². The zero-order chi connectivity index (χ0) is 14.6. The first kappa shape index (κ1) is 15.4. The number of nitrogens with one attached hydrogen (secondary N) is 1. The van der Waals surface area contributed by atoms with Crippen molar-refractivity contribution in [2.24, 2.45) is 0 Å². The minimum Gasteiger partial charge on any atom is -0.389 e. The monoisotopic (exact) mass is 265 g/mol. The molecule has 0 bridgehead atoms. The number of carbonyl (C=O) groups excluding carboxylic acids is 1. The van der Waals surface area contributed by atoms with E-state index in [1.807, 2.05) is 19.9 Å². The molecule has 5 nitrogen and oxygen atoms in total. The summed E-state index contributed by atoms with van der Waals surface area (Å²) in [5.41, 5.74) is 1.25. The van der Waals surface area contributed by atoms with Crippen molar-refractivity contribution >= 4 is 11.6 Å². The summed E-state index contributed by atoms with van der Waals surface area (Å²) in [6.07, 6.45) is 1.58. The number of aryl methyl sites for hydroxylation is 1. The molecule has 0 spiro atoms. The maximum atomic E-state index is 12.4. The Bertz CT molecular complexity index is 452. The number of pyridine rings is 1. The maximum Gasteiger partial charge on any atom is 0.257 e. The van der Waals surface area contributed by atoms with E-state index < -0.39 is 5.60 Å². The molecule has 106 valence electrons. The van der Waals surface area contributed by atoms with Gasteiger partial charge in [0.1, 0.15) is 0 Å². The van der Waals surface area contributed by atoms with Crippen LogP contribution >= 0.6 is 0 Å². The highest BCUT2D eigenvalue weighted by molar-refractivity contribution is 5.99. The number of amides is 1. The van der Waals surface area contributed by atoms with Crippen LogP contribution < -0.4 is 5.32 Å². The number of anilines is 1. The maximum absolute atomic E-state index is 12.4. The zero-order valence-electron chi connectivity index (χ0n) is 12.3. The van der Waals surface area contributed by atoms with Gasteiger partial charge in [-0.2, -0.15) is 0 Å². The molecule has 2 N–H and O–H groups in total. The van der Waals surface area contributed by atoms with Crippen molar-refractivity contribution in [3.8, 4) is 0 Å². The highest BCUT2D eigenvalue weighted by Crippen LogP contribution is 2.18. The molecular formula is C14H23N3O2. The van der Waals surface area contributed by atoms with Crippen molar-refractivity contribution in [3.05, 3.63) is 23.5 Å². The normalized spacial score (nSPS) is 11.3. The number of carbonyl (C=O) groups is 1. The first-order valence-electron chi connectivity index (χ1n) is 6.43. The molecule has 0 aliphatic carbocycles. The molecule has 0 fully saturated rings. The summed E-state index contributed by atoms with van der Waals surface area (Å²) in [6.45, 7) is 8.22. The lowest BCUT2D eigenvalue weighted by molar-refractivity contribution is 0.0368. The second-order valence-electron chi connectivity index (χ2n) is 5.38. The highest BCUT2D eigenvalue weighted by atomic mass is 16.3. The average molecular weight is 265 g/mol. The lowest BCUT2D eigenvalue weighted by atomic mass is 10.1. The van der Waals surface area contributed by atoms with Crippen LogP contribution in [0.25, 0.3) is 0 Å². The van der Waals surface area contributed by atoms with E-state index in [-0.39, 0.29) is 12.5 Å². The van der Waals surface area contributed by atoms with Crippen molar-refractivity contribution < 1.29 is 9.90 Å². The van der Waals surface area contributed by atoms with Crippen molar-refractivity contribution in [2.75, 3.05) is 25.5 Å². The molecule has 0 aliphatic rings. The first-order chi connectivity index (χ1) is 8.74. The lowest BCUT2D eigenvalue weighted by Crippen LogP contribution is -2.40. The number of hydrogen-bond acceptors (Lipinski definition) is 4. The molecule has 1 rings (SSSR count). The second kappa shape index (κ2) is 6.02. The standard InChI is InChI=1S/C14H23N3O2/c1-6-15-12-7-10(2)16-8-11(12)13(18)17(5)9-14(3,4)19/h7-8,19H,6,9H2,1-5H3,(H,15,16). The van der Waals surface area contributed by atoms with E-state index in [9.17, 15) is 9.90 Å². The molecule has 1 aromatic rings. The van der Waals surface area contributed by atoms with Gasteiger partial charge in [-0.1, -0.05) is 0 Å². The minimum absolute atomic E-state index is 0.148. The summed E-state index contributed by atoms with van der Waals surface area (Å²) in [5.74, 6) is -0.148. The van der Waals surface area contributed by atoms with Crippen LogP contribution in [0.4, 0.5) is 5.69 Å². The second-order valence-corrected chi connectivity index (χ2v) is 5.38. The fraction of sp³-hybridized carbons (Fsp3) is 0.571. The van der Waals surface area contributed by atoms with Gasteiger partial charge in [0.15, 0.2) is 0 Å². The average Bonchev–Trinajstić information content (AvgIpc) is 2.26. The molecule has 0 saturated heterocycles. The molecule has 0 saturated carbocycles. The molecule has 5 heteroatoms. The quantitative estimate of drug-likeness (QED) is 0.850. The predicted octanol–water partition coefficient (Wildman–Crippen LogP) is 1.66. The third kappa shape index (κ3) is 4.52. The molecule has 1 heterocycles. The van der Waals surface area contributed by atoms with Crippen molar-refractivity contribution in [1.82, 2.24) is 9.88 Å². The van der Waals surface area contributed by atoms with E-state index in [0.29, 0.717) is 5.56 Å². The Kier molecular flexibility index (Phi) is 4.89. The smallest absolute Gasteiger partial charge is 0.257 e. The van der Waals surface area contributed by atoms with E-state index in [0.717, 1.165) is 17.9 Å². The molecule has 0 atom stereocenters. The van der Waals surface area contributed by atoms with E-state index in [2.05, 4.69) is 10.3 Å². The van der Waals surface area contributed by atoms with Gasteiger partial charge in [0, 0.05) is 32.0 Å². The van der Waals surface area contributed by atoms with Gasteiger partial charge >= 0.3 is 0 Å². The molecule has 0 radical (unpaired) electrons. The van der Waals surface area contributed by atoms with E-state index in [1.165, 1.54) is 4.90 Å². The molecule has 1 amide bonds. The number of rotatable bonds is 5.